The Hall–Kier alpha value is -2.00. The predicted octanol–water partition coefficient (Wildman–Crippen LogP) is 4.06. The van der Waals surface area contributed by atoms with E-state index in [1.807, 2.05) is 34.9 Å². The smallest absolute Gasteiger partial charge is 0.137 e. The molecule has 2 aromatic heterocycles. The summed E-state index contributed by atoms with van der Waals surface area (Å²) in [4.78, 5) is 4.71. The first kappa shape index (κ1) is 13.0. The third-order valence-electron chi connectivity index (χ3n) is 3.37. The topological polar surface area (TPSA) is 26.5 Å². The second-order valence-corrected chi connectivity index (χ2v) is 4.97. The lowest BCUT2D eigenvalue weighted by atomic mass is 10.1. The van der Waals surface area contributed by atoms with Gasteiger partial charge in [0.15, 0.2) is 0 Å². The zero-order chi connectivity index (χ0) is 14.1. The van der Waals surface area contributed by atoms with E-state index < -0.39 is 0 Å². The molecule has 2 heterocycles. The van der Waals surface area contributed by atoms with Gasteiger partial charge in [0.1, 0.15) is 11.4 Å². The fourth-order valence-electron chi connectivity index (χ4n) is 2.31. The number of pyridine rings is 1. The largest absolute Gasteiger partial charge is 0.497 e. The van der Waals surface area contributed by atoms with Gasteiger partial charge >= 0.3 is 0 Å². The van der Waals surface area contributed by atoms with Crippen molar-refractivity contribution in [1.29, 1.82) is 0 Å². The van der Waals surface area contributed by atoms with Crippen LogP contribution in [0.2, 0.25) is 0 Å². The van der Waals surface area contributed by atoms with Crippen molar-refractivity contribution < 1.29 is 4.74 Å². The lowest BCUT2D eigenvalue weighted by molar-refractivity contribution is 0.415. The molecule has 3 nitrogen and oxygen atoms in total. The first-order chi connectivity index (χ1) is 9.72. The van der Waals surface area contributed by atoms with Gasteiger partial charge in [0.2, 0.25) is 0 Å². The number of benzene rings is 1. The highest BCUT2D eigenvalue weighted by Crippen LogP contribution is 2.27. The molecule has 0 aliphatic carbocycles. The number of methoxy groups -OCH3 is 1. The first-order valence-electron chi connectivity index (χ1n) is 6.41. The standard InChI is InChI=1S/C16H15ClN2O/c1-11-7-8-19-14(10-17)16(18-15(19)9-11)12-3-5-13(20-2)6-4-12/h3-9H,10H2,1-2H3. The fraction of sp³-hybridized carbons (Fsp3) is 0.188. The molecule has 0 saturated heterocycles. The Kier molecular flexibility index (Phi) is 3.36. The average Bonchev–Trinajstić information content (AvgIpc) is 2.84. The fourth-order valence-corrected chi connectivity index (χ4v) is 2.56. The van der Waals surface area contributed by atoms with Crippen LogP contribution in [0.25, 0.3) is 16.9 Å². The monoisotopic (exact) mass is 286 g/mol. The van der Waals surface area contributed by atoms with Crippen LogP contribution < -0.4 is 4.74 Å². The van der Waals surface area contributed by atoms with Crippen LogP contribution in [0.15, 0.2) is 42.6 Å². The number of ether oxygens (including phenoxy) is 1. The Morgan fingerprint density at radius 2 is 1.95 bits per heavy atom. The highest BCUT2D eigenvalue weighted by Gasteiger charge is 2.13. The Morgan fingerprint density at radius 1 is 1.20 bits per heavy atom. The van der Waals surface area contributed by atoms with Gasteiger partial charge in [0.05, 0.1) is 24.4 Å². The van der Waals surface area contributed by atoms with Crippen molar-refractivity contribution in [1.82, 2.24) is 9.38 Å². The van der Waals surface area contributed by atoms with Gasteiger partial charge in [-0.05, 0) is 48.9 Å². The van der Waals surface area contributed by atoms with Crippen LogP contribution in [0.1, 0.15) is 11.3 Å². The van der Waals surface area contributed by atoms with E-state index in [0.29, 0.717) is 5.88 Å². The molecule has 0 radical (unpaired) electrons. The van der Waals surface area contributed by atoms with Gasteiger partial charge in [-0.1, -0.05) is 0 Å². The molecule has 20 heavy (non-hydrogen) atoms. The van der Waals surface area contributed by atoms with Crippen molar-refractivity contribution in [3.05, 3.63) is 53.9 Å². The van der Waals surface area contributed by atoms with Gasteiger partial charge in [0.25, 0.3) is 0 Å². The summed E-state index contributed by atoms with van der Waals surface area (Å²) in [6.07, 6.45) is 2.02. The molecular formula is C16H15ClN2O. The Labute approximate surface area is 122 Å². The molecule has 0 fully saturated rings. The first-order valence-corrected chi connectivity index (χ1v) is 6.94. The van der Waals surface area contributed by atoms with Crippen molar-refractivity contribution in [2.24, 2.45) is 0 Å². The van der Waals surface area contributed by atoms with E-state index in [1.54, 1.807) is 7.11 Å². The Bertz CT molecular complexity index is 747. The number of rotatable bonds is 3. The molecule has 3 aromatic rings. The second-order valence-electron chi connectivity index (χ2n) is 4.70. The summed E-state index contributed by atoms with van der Waals surface area (Å²) < 4.78 is 7.23. The number of aromatic nitrogens is 2. The molecule has 0 aliphatic heterocycles. The normalized spacial score (nSPS) is 10.9. The van der Waals surface area contributed by atoms with Crippen molar-refractivity contribution in [3.63, 3.8) is 0 Å². The van der Waals surface area contributed by atoms with Gasteiger partial charge < -0.3 is 9.14 Å². The van der Waals surface area contributed by atoms with Crippen molar-refractivity contribution in [3.8, 4) is 17.0 Å². The van der Waals surface area contributed by atoms with E-state index in [1.165, 1.54) is 5.56 Å². The molecular weight excluding hydrogens is 272 g/mol. The van der Waals surface area contributed by atoms with E-state index >= 15 is 0 Å². The van der Waals surface area contributed by atoms with E-state index in [0.717, 1.165) is 28.3 Å². The number of aryl methyl sites for hydroxylation is 1. The number of alkyl halides is 1. The van der Waals surface area contributed by atoms with Crippen LogP contribution in [0.4, 0.5) is 0 Å². The summed E-state index contributed by atoms with van der Waals surface area (Å²) in [7, 11) is 1.66. The quantitative estimate of drug-likeness (QED) is 0.679. The van der Waals surface area contributed by atoms with Gasteiger partial charge in [-0.2, -0.15) is 0 Å². The average molecular weight is 287 g/mol. The molecule has 0 bridgehead atoms. The molecule has 0 amide bonds. The van der Waals surface area contributed by atoms with Crippen LogP contribution in [-0.2, 0) is 5.88 Å². The number of imidazole rings is 1. The molecule has 0 unspecified atom stereocenters. The molecule has 0 N–H and O–H groups in total. The summed E-state index contributed by atoms with van der Waals surface area (Å²) in [5.74, 6) is 1.26. The van der Waals surface area contributed by atoms with Crippen LogP contribution in [-0.4, -0.2) is 16.5 Å². The summed E-state index contributed by atoms with van der Waals surface area (Å²) in [5.41, 5.74) is 5.08. The van der Waals surface area contributed by atoms with Gasteiger partial charge in [-0.3, -0.25) is 0 Å². The lowest BCUT2D eigenvalue weighted by Crippen LogP contribution is -1.91. The van der Waals surface area contributed by atoms with Gasteiger partial charge in [-0.25, -0.2) is 4.98 Å². The number of hydrogen-bond acceptors (Lipinski definition) is 2. The minimum atomic E-state index is 0.422. The maximum Gasteiger partial charge on any atom is 0.137 e. The van der Waals surface area contributed by atoms with Crippen molar-refractivity contribution >= 4 is 17.2 Å². The summed E-state index contributed by atoms with van der Waals surface area (Å²) in [6, 6.07) is 12.0. The summed E-state index contributed by atoms with van der Waals surface area (Å²) >= 11 is 6.12. The molecule has 4 heteroatoms. The highest BCUT2D eigenvalue weighted by atomic mass is 35.5. The summed E-state index contributed by atoms with van der Waals surface area (Å²) in [6.45, 7) is 2.06. The number of hydrogen-bond donors (Lipinski definition) is 0. The Balaban J connectivity index is 2.18. The number of fused-ring (bicyclic) bond motifs is 1. The van der Waals surface area contributed by atoms with E-state index in [9.17, 15) is 0 Å². The van der Waals surface area contributed by atoms with Gasteiger partial charge in [-0.15, -0.1) is 11.6 Å². The molecule has 3 rings (SSSR count). The van der Waals surface area contributed by atoms with E-state index in [2.05, 4.69) is 19.1 Å². The third kappa shape index (κ3) is 2.14. The zero-order valence-corrected chi connectivity index (χ0v) is 12.2. The SMILES string of the molecule is COc1ccc(-c2nc3cc(C)ccn3c2CCl)cc1. The van der Waals surface area contributed by atoms with Crippen LogP contribution in [0.5, 0.6) is 5.75 Å². The number of nitrogens with zero attached hydrogens (tertiary/aromatic N) is 2. The Morgan fingerprint density at radius 3 is 2.60 bits per heavy atom. The van der Waals surface area contributed by atoms with Crippen LogP contribution in [0, 0.1) is 6.92 Å². The maximum atomic E-state index is 6.12. The van der Waals surface area contributed by atoms with Crippen LogP contribution >= 0.6 is 11.6 Å². The number of halogens is 1. The van der Waals surface area contributed by atoms with E-state index in [4.69, 9.17) is 21.3 Å². The molecule has 102 valence electrons. The lowest BCUT2D eigenvalue weighted by Gasteiger charge is -2.03. The van der Waals surface area contributed by atoms with Crippen molar-refractivity contribution in [2.75, 3.05) is 7.11 Å². The maximum absolute atomic E-state index is 6.12. The molecule has 0 spiro atoms. The second kappa shape index (κ2) is 5.17. The van der Waals surface area contributed by atoms with E-state index in [-0.39, 0.29) is 0 Å². The van der Waals surface area contributed by atoms with Gasteiger partial charge in [0, 0.05) is 11.8 Å². The summed E-state index contributed by atoms with van der Waals surface area (Å²) in [5, 5.41) is 0. The molecule has 0 saturated carbocycles. The minimum absolute atomic E-state index is 0.422. The third-order valence-corrected chi connectivity index (χ3v) is 3.62. The minimum Gasteiger partial charge on any atom is -0.497 e. The molecule has 0 aliphatic rings. The van der Waals surface area contributed by atoms with Crippen LogP contribution in [0.3, 0.4) is 0 Å². The highest BCUT2D eigenvalue weighted by molar-refractivity contribution is 6.17. The molecule has 1 aromatic carbocycles. The predicted molar refractivity (Wildman–Crippen MR) is 81.5 cm³/mol. The van der Waals surface area contributed by atoms with Crippen molar-refractivity contribution in [2.45, 2.75) is 12.8 Å². The zero-order valence-electron chi connectivity index (χ0n) is 11.4. The molecule has 0 atom stereocenters.